The lowest BCUT2D eigenvalue weighted by Crippen LogP contribution is -2.54. The summed E-state index contributed by atoms with van der Waals surface area (Å²) in [7, 11) is -2.14. The van der Waals surface area contributed by atoms with Gasteiger partial charge in [-0.25, -0.2) is 4.79 Å². The van der Waals surface area contributed by atoms with Crippen LogP contribution in [0.2, 0.25) is 54.4 Å². The first-order chi connectivity index (χ1) is 35.3. The fourth-order valence-corrected chi connectivity index (χ4v) is 14.9. The number of carbonyl (C=O) groups is 5. The van der Waals surface area contributed by atoms with Gasteiger partial charge in [0.15, 0.2) is 25.0 Å². The van der Waals surface area contributed by atoms with Gasteiger partial charge in [-0.1, -0.05) is 108 Å². The lowest BCUT2D eigenvalue weighted by molar-refractivity contribution is -0.165. The molecule has 3 rings (SSSR count). The smallest absolute Gasteiger partial charge is 0.329 e. The number of allylic oxidation sites excluding steroid dienone is 3. The van der Waals surface area contributed by atoms with Crippen LogP contribution in [0.25, 0.3) is 0 Å². The summed E-state index contributed by atoms with van der Waals surface area (Å²) in [5.41, 5.74) is 1.91. The van der Waals surface area contributed by atoms with Crippen molar-refractivity contribution < 1.29 is 56.2 Å². The Morgan fingerprint density at radius 2 is 1.19 bits per heavy atom. The second-order valence-corrected chi connectivity index (χ2v) is 42.6. The van der Waals surface area contributed by atoms with Crippen molar-refractivity contribution in [3.8, 4) is 0 Å². The Kier molecular flexibility index (Phi) is 25.3. The second kappa shape index (κ2) is 28.2. The highest BCUT2D eigenvalue weighted by atomic mass is 28.4. The van der Waals surface area contributed by atoms with Gasteiger partial charge in [-0.05, 0) is 150 Å². The maximum atomic E-state index is 15.1. The molecular weight excluding hydrogens is 1020 g/mol. The Labute approximate surface area is 471 Å². The molecule has 1 saturated heterocycles. The van der Waals surface area contributed by atoms with E-state index in [2.05, 4.69) is 135 Å². The number of ketones is 3. The van der Waals surface area contributed by atoms with Crippen molar-refractivity contribution in [2.75, 3.05) is 27.9 Å². The highest BCUT2D eigenvalue weighted by Gasteiger charge is 2.48. The summed E-state index contributed by atoms with van der Waals surface area (Å²) in [5, 5.41) is -0.327. The number of methoxy groups -OCH3 is 3. The number of esters is 1. The van der Waals surface area contributed by atoms with Gasteiger partial charge in [0.25, 0.3) is 11.7 Å². The molecule has 1 saturated carbocycles. The number of carbonyl (C=O) groups excluding carboxylic acids is 5. The summed E-state index contributed by atoms with van der Waals surface area (Å²) in [6, 6.07) is -1.11. The van der Waals surface area contributed by atoms with E-state index in [1.807, 2.05) is 13.8 Å². The zero-order chi connectivity index (χ0) is 59.0. The molecular formula is C61H111NO12Si3. The van der Waals surface area contributed by atoms with Crippen molar-refractivity contribution in [1.29, 1.82) is 0 Å². The first-order valence-electron chi connectivity index (χ1n) is 29.4. The SMILES string of the molecule is CC[C@@H]1/C=C(\C)C[C@H](C)C[C@H](OC)C(O[Si](C)(C)C(C)(C)C)[C@@H](OC)C[C@@H](C)C(=O)C(=O)C(=O)N2CCCC[C@H]2C(=O)O[C@H](/C(C)=C/C2CC[C@@H](O[Si](C)(C)C(C)(C)C)[C@H](OC)C2)[C@H](C)C(O[Si](C)(C)C(C)(C)C)CC1=O. The molecule has 0 aromatic rings. The Morgan fingerprint density at radius 3 is 1.71 bits per heavy atom. The Hall–Kier alpha value is -2.16. The largest absolute Gasteiger partial charge is 0.456 e. The Bertz CT molecular complexity index is 2050. The summed E-state index contributed by atoms with van der Waals surface area (Å²) >= 11 is 0. The quantitative estimate of drug-likeness (QED) is 0.0791. The zero-order valence-electron chi connectivity index (χ0n) is 53.0. The minimum Gasteiger partial charge on any atom is -0.456 e. The molecule has 0 aromatic carbocycles. The van der Waals surface area contributed by atoms with E-state index in [-0.39, 0.29) is 76.7 Å². The van der Waals surface area contributed by atoms with Crippen LogP contribution in [-0.2, 0) is 56.2 Å². The lowest BCUT2D eigenvalue weighted by Gasteiger charge is -2.44. The van der Waals surface area contributed by atoms with Crippen LogP contribution in [-0.4, -0.2) is 136 Å². The molecule has 0 radical (unpaired) electrons. The van der Waals surface area contributed by atoms with E-state index in [9.17, 15) is 19.2 Å². The highest BCUT2D eigenvalue weighted by molar-refractivity contribution is 6.75. The van der Waals surface area contributed by atoms with Crippen LogP contribution in [0.5, 0.6) is 0 Å². The van der Waals surface area contributed by atoms with Crippen LogP contribution in [0.4, 0.5) is 0 Å². The predicted octanol–water partition coefficient (Wildman–Crippen LogP) is 13.4. The number of hydrogen-bond donors (Lipinski definition) is 0. The molecule has 2 fully saturated rings. The Morgan fingerprint density at radius 1 is 0.675 bits per heavy atom. The topological polar surface area (TPSA) is 153 Å². The summed E-state index contributed by atoms with van der Waals surface area (Å²) < 4.78 is 46.9. The molecule has 13 atom stereocenters. The third-order valence-electron chi connectivity index (χ3n) is 18.9. The molecule has 1 amide bonds. The molecule has 16 heteroatoms. The standard InChI is InChI=1S/C61H111NO12Si3/c1-25-45-33-39(2)32-40(3)34-51(69-17)56(74-77(23,24)61(13,14)15)52(70-18)36-41(4)53(64)54(65)57(66)62-31-27-26-28-46(62)58(67)71-55(43(6)49(38-47(45)63)73-76(21,22)60(10,11)12)42(5)35-44-29-30-48(50(37-44)68-16)72-75(19,20)59(7,8)9/h33,35,40-41,43-46,48-52,55-56H,25-32,34,36-38H2,1-24H3/b39-33+,42-35+/t40-,41+,43+,44?,45+,46-,48+,49?,50+,51-,52-,55+,56?/m0/s1. The van der Waals surface area contributed by atoms with Crippen molar-refractivity contribution >= 4 is 54.2 Å². The monoisotopic (exact) mass is 1130 g/mol. The van der Waals surface area contributed by atoms with Gasteiger partial charge >= 0.3 is 5.97 Å². The van der Waals surface area contributed by atoms with Gasteiger partial charge in [-0.3, -0.25) is 19.2 Å². The van der Waals surface area contributed by atoms with E-state index in [1.54, 1.807) is 28.3 Å². The molecule has 3 unspecified atom stereocenters. The molecule has 0 aromatic heterocycles. The molecule has 13 nitrogen and oxygen atoms in total. The van der Waals surface area contributed by atoms with Crippen LogP contribution in [0.1, 0.15) is 174 Å². The molecule has 2 heterocycles. The third-order valence-corrected chi connectivity index (χ3v) is 32.4. The summed E-state index contributed by atoms with van der Waals surface area (Å²) in [6.07, 6.45) is 6.89. The van der Waals surface area contributed by atoms with Crippen LogP contribution in [0, 0.1) is 29.6 Å². The third kappa shape index (κ3) is 18.4. The van der Waals surface area contributed by atoms with Crippen molar-refractivity contribution in [1.82, 2.24) is 4.90 Å². The average molecular weight is 1130 g/mol. The van der Waals surface area contributed by atoms with E-state index in [0.717, 1.165) is 24.0 Å². The van der Waals surface area contributed by atoms with Gasteiger partial charge in [0.05, 0.1) is 36.6 Å². The summed E-state index contributed by atoms with van der Waals surface area (Å²) in [5.74, 6) is -5.22. The first-order valence-corrected chi connectivity index (χ1v) is 38.1. The molecule has 3 aliphatic rings. The van der Waals surface area contributed by atoms with Gasteiger partial charge in [0, 0.05) is 52.0 Å². The van der Waals surface area contributed by atoms with E-state index in [4.69, 9.17) is 32.2 Å². The van der Waals surface area contributed by atoms with Gasteiger partial charge in [0.2, 0.25) is 5.78 Å². The minimum absolute atomic E-state index is 0.0409. The number of nitrogens with zero attached hydrogens (tertiary/aromatic N) is 1. The zero-order valence-corrected chi connectivity index (χ0v) is 56.0. The maximum Gasteiger partial charge on any atom is 0.329 e. The summed E-state index contributed by atoms with van der Waals surface area (Å²) in [4.78, 5) is 74.3. The van der Waals surface area contributed by atoms with Crippen LogP contribution >= 0.6 is 0 Å². The van der Waals surface area contributed by atoms with Crippen LogP contribution in [0.15, 0.2) is 23.3 Å². The molecule has 77 heavy (non-hydrogen) atoms. The van der Waals surface area contributed by atoms with Crippen molar-refractivity contribution in [2.45, 2.75) is 278 Å². The molecule has 1 aliphatic carbocycles. The number of cyclic esters (lactones) is 1. The average Bonchev–Trinajstić information content (AvgIpc) is 3.32. The van der Waals surface area contributed by atoms with Crippen molar-refractivity contribution in [3.63, 3.8) is 0 Å². The van der Waals surface area contributed by atoms with Gasteiger partial charge in [0.1, 0.15) is 17.9 Å². The summed E-state index contributed by atoms with van der Waals surface area (Å²) in [6.45, 7) is 45.1. The fourth-order valence-electron chi connectivity index (χ4n) is 10.8. The Balaban J connectivity index is 2.28. The first kappa shape index (κ1) is 69.1. The minimum atomic E-state index is -2.57. The van der Waals surface area contributed by atoms with Crippen LogP contribution < -0.4 is 0 Å². The number of hydrogen-bond acceptors (Lipinski definition) is 12. The van der Waals surface area contributed by atoms with E-state index in [1.165, 1.54) is 4.90 Å². The molecule has 0 bridgehead atoms. The maximum absolute atomic E-state index is 15.1. The molecule has 0 spiro atoms. The number of fused-ring (bicyclic) bond motifs is 1. The van der Waals surface area contributed by atoms with E-state index >= 15 is 4.79 Å². The fraction of sp³-hybridized carbons (Fsp3) is 0.852. The lowest BCUT2D eigenvalue weighted by atomic mass is 9.81. The molecule has 0 N–H and O–H groups in total. The van der Waals surface area contributed by atoms with E-state index in [0.29, 0.717) is 38.5 Å². The number of ether oxygens (including phenoxy) is 4. The van der Waals surface area contributed by atoms with Gasteiger partial charge in [-0.15, -0.1) is 0 Å². The molecule has 2 aliphatic heterocycles. The number of rotatable bonds is 12. The number of piperidine rings is 1. The normalized spacial score (nSPS) is 32.6. The second-order valence-electron chi connectivity index (χ2n) is 28.3. The molecule has 444 valence electrons. The van der Waals surface area contributed by atoms with Crippen molar-refractivity contribution in [2.24, 2.45) is 29.6 Å². The van der Waals surface area contributed by atoms with Gasteiger partial charge < -0.3 is 37.1 Å². The van der Waals surface area contributed by atoms with Crippen LogP contribution in [0.3, 0.4) is 0 Å². The predicted molar refractivity (Wildman–Crippen MR) is 317 cm³/mol. The van der Waals surface area contributed by atoms with Crippen molar-refractivity contribution in [3.05, 3.63) is 23.3 Å². The number of amides is 1. The number of Topliss-reactive ketones (excluding diaryl/α,β-unsaturated/α-hetero) is 3. The van der Waals surface area contributed by atoms with Gasteiger partial charge in [-0.2, -0.15) is 0 Å². The highest BCUT2D eigenvalue weighted by Crippen LogP contribution is 2.44. The van der Waals surface area contributed by atoms with E-state index < -0.39 is 96.8 Å².